The van der Waals surface area contributed by atoms with Gasteiger partial charge in [0, 0.05) is 6.54 Å². The van der Waals surface area contributed by atoms with Gasteiger partial charge in [0.2, 0.25) is 0 Å². The van der Waals surface area contributed by atoms with Crippen LogP contribution in [-0.4, -0.2) is 13.1 Å². The third kappa shape index (κ3) is 3.57. The lowest BCUT2D eigenvalue weighted by molar-refractivity contribution is 0.474. The first-order valence-corrected chi connectivity index (χ1v) is 4.66. The Morgan fingerprint density at radius 2 is 2.27 bits per heavy atom. The molecule has 0 bridgehead atoms. The van der Waals surface area contributed by atoms with Crippen LogP contribution in [0.25, 0.3) is 0 Å². The van der Waals surface area contributed by atoms with Gasteiger partial charge in [-0.25, -0.2) is 0 Å². The maximum absolute atomic E-state index is 3.42. The van der Waals surface area contributed by atoms with E-state index < -0.39 is 0 Å². The molecule has 11 heavy (non-hydrogen) atoms. The molecule has 1 N–H and O–H groups in total. The quantitative estimate of drug-likeness (QED) is 0.471. The van der Waals surface area contributed by atoms with Gasteiger partial charge in [-0.05, 0) is 38.1 Å². The van der Waals surface area contributed by atoms with E-state index in [0.717, 1.165) is 18.4 Å². The second kappa shape index (κ2) is 4.55. The molecule has 1 fully saturated rings. The zero-order valence-corrected chi connectivity index (χ0v) is 7.64. The third-order valence-corrected chi connectivity index (χ3v) is 2.39. The summed E-state index contributed by atoms with van der Waals surface area (Å²) in [6, 6.07) is 0. The van der Waals surface area contributed by atoms with E-state index in [4.69, 9.17) is 0 Å². The molecular formula is C10H19N. The first-order valence-electron chi connectivity index (χ1n) is 4.66. The minimum atomic E-state index is 0.889. The molecule has 0 radical (unpaired) electrons. The van der Waals surface area contributed by atoms with Gasteiger partial charge in [-0.15, -0.1) is 0 Å². The molecule has 64 valence electrons. The van der Waals surface area contributed by atoms with Crippen molar-refractivity contribution < 1.29 is 0 Å². The van der Waals surface area contributed by atoms with Crippen molar-refractivity contribution in [2.75, 3.05) is 13.1 Å². The van der Waals surface area contributed by atoms with Crippen LogP contribution in [0.4, 0.5) is 0 Å². The molecule has 0 aromatic rings. The van der Waals surface area contributed by atoms with Crippen molar-refractivity contribution in [3.63, 3.8) is 0 Å². The third-order valence-electron chi connectivity index (χ3n) is 2.39. The number of hydrogen-bond donors (Lipinski definition) is 1. The summed E-state index contributed by atoms with van der Waals surface area (Å²) in [5.41, 5.74) is 0. The zero-order chi connectivity index (χ0) is 8.10. The second-order valence-electron chi connectivity index (χ2n) is 3.54. The Kier molecular flexibility index (Phi) is 3.64. The van der Waals surface area contributed by atoms with E-state index in [1.54, 1.807) is 0 Å². The highest BCUT2D eigenvalue weighted by Gasteiger charge is 2.26. The molecule has 0 aromatic heterocycles. The molecule has 0 heterocycles. The van der Waals surface area contributed by atoms with Gasteiger partial charge in [0.05, 0.1) is 0 Å². The summed E-state index contributed by atoms with van der Waals surface area (Å²) in [5.74, 6) is 1.92. The maximum atomic E-state index is 3.42. The van der Waals surface area contributed by atoms with Crippen LogP contribution in [0.2, 0.25) is 0 Å². The van der Waals surface area contributed by atoms with Gasteiger partial charge in [0.15, 0.2) is 0 Å². The van der Waals surface area contributed by atoms with Crippen molar-refractivity contribution in [1.82, 2.24) is 5.32 Å². The molecule has 0 amide bonds. The Morgan fingerprint density at radius 3 is 2.82 bits per heavy atom. The van der Waals surface area contributed by atoms with Crippen LogP contribution in [0.5, 0.6) is 0 Å². The van der Waals surface area contributed by atoms with Gasteiger partial charge >= 0.3 is 0 Å². The fourth-order valence-electron chi connectivity index (χ4n) is 1.34. The fraction of sp³-hybridized carbons (Fsp3) is 0.800. The van der Waals surface area contributed by atoms with E-state index in [2.05, 4.69) is 31.3 Å². The van der Waals surface area contributed by atoms with Crippen LogP contribution in [0.1, 0.15) is 26.7 Å². The molecule has 1 unspecified atom stereocenters. The topological polar surface area (TPSA) is 12.0 Å². The van der Waals surface area contributed by atoms with E-state index in [9.17, 15) is 0 Å². The van der Waals surface area contributed by atoms with Crippen LogP contribution in [-0.2, 0) is 0 Å². The summed E-state index contributed by atoms with van der Waals surface area (Å²) < 4.78 is 0. The van der Waals surface area contributed by atoms with Gasteiger partial charge < -0.3 is 5.32 Å². The molecule has 0 aliphatic heterocycles. The highest BCUT2D eigenvalue weighted by Crippen LogP contribution is 2.35. The summed E-state index contributed by atoms with van der Waals surface area (Å²) in [7, 11) is 0. The Hall–Kier alpha value is -0.300. The van der Waals surface area contributed by atoms with E-state index in [0.29, 0.717) is 0 Å². The van der Waals surface area contributed by atoms with Crippen molar-refractivity contribution >= 4 is 0 Å². The molecule has 0 spiro atoms. The monoisotopic (exact) mass is 153 g/mol. The fourth-order valence-corrected chi connectivity index (χ4v) is 1.34. The average Bonchev–Trinajstić information content (AvgIpc) is 2.79. The molecule has 1 nitrogen and oxygen atoms in total. The van der Waals surface area contributed by atoms with Crippen LogP contribution < -0.4 is 5.32 Å². The smallest absolute Gasteiger partial charge is 0.0134 e. The van der Waals surface area contributed by atoms with Gasteiger partial charge in [0.25, 0.3) is 0 Å². The number of hydrogen-bond acceptors (Lipinski definition) is 1. The van der Waals surface area contributed by atoms with E-state index in [-0.39, 0.29) is 0 Å². The van der Waals surface area contributed by atoms with Gasteiger partial charge in [0.1, 0.15) is 0 Å². The number of rotatable bonds is 5. The average molecular weight is 153 g/mol. The number of allylic oxidation sites excluding steroid dienone is 1. The van der Waals surface area contributed by atoms with Crippen molar-refractivity contribution in [1.29, 1.82) is 0 Å². The van der Waals surface area contributed by atoms with E-state index >= 15 is 0 Å². The first-order chi connectivity index (χ1) is 5.34. The minimum Gasteiger partial charge on any atom is -0.313 e. The van der Waals surface area contributed by atoms with Crippen LogP contribution >= 0.6 is 0 Å². The van der Waals surface area contributed by atoms with Crippen LogP contribution in [0, 0.1) is 11.8 Å². The summed E-state index contributed by atoms with van der Waals surface area (Å²) in [5, 5.41) is 3.42. The first kappa shape index (κ1) is 8.79. The molecule has 1 atom stereocenters. The molecule has 1 saturated carbocycles. The van der Waals surface area contributed by atoms with Gasteiger partial charge in [-0.3, -0.25) is 0 Å². The van der Waals surface area contributed by atoms with Crippen molar-refractivity contribution in [2.45, 2.75) is 26.7 Å². The minimum absolute atomic E-state index is 0.889. The lowest BCUT2D eigenvalue weighted by atomic mass is 10.1. The predicted molar refractivity (Wildman–Crippen MR) is 49.6 cm³/mol. The Labute approximate surface area is 69.9 Å². The summed E-state index contributed by atoms with van der Waals surface area (Å²) in [6.45, 7) is 6.63. The highest BCUT2D eigenvalue weighted by molar-refractivity contribution is 4.83. The maximum Gasteiger partial charge on any atom is 0.0134 e. The van der Waals surface area contributed by atoms with E-state index in [1.807, 2.05) is 0 Å². The Balaban J connectivity index is 1.93. The number of nitrogens with one attached hydrogen (secondary N) is 1. The van der Waals surface area contributed by atoms with Crippen LogP contribution in [0.15, 0.2) is 12.2 Å². The molecule has 1 rings (SSSR count). The molecule has 1 heteroatoms. The predicted octanol–water partition coefficient (Wildman–Crippen LogP) is 2.20. The molecular weight excluding hydrogens is 134 g/mol. The van der Waals surface area contributed by atoms with E-state index in [1.165, 1.54) is 19.4 Å². The van der Waals surface area contributed by atoms with Crippen LogP contribution in [0.3, 0.4) is 0 Å². The lowest BCUT2D eigenvalue weighted by Crippen LogP contribution is -2.22. The molecule has 0 aromatic carbocycles. The Morgan fingerprint density at radius 1 is 1.55 bits per heavy atom. The standard InChI is InChI=1S/C10H19N/c1-3-4-7-11-8-9(2)10-5-6-10/h3-4,9-11H,5-8H2,1-2H3/b4-3+. The van der Waals surface area contributed by atoms with Crippen molar-refractivity contribution in [3.8, 4) is 0 Å². The lowest BCUT2D eigenvalue weighted by Gasteiger charge is -2.09. The largest absolute Gasteiger partial charge is 0.313 e. The summed E-state index contributed by atoms with van der Waals surface area (Å²) in [6.07, 6.45) is 7.19. The molecule has 0 saturated heterocycles. The van der Waals surface area contributed by atoms with Crippen molar-refractivity contribution in [3.05, 3.63) is 12.2 Å². The van der Waals surface area contributed by atoms with Gasteiger partial charge in [-0.1, -0.05) is 19.1 Å². The molecule has 1 aliphatic carbocycles. The summed E-state index contributed by atoms with van der Waals surface area (Å²) in [4.78, 5) is 0. The van der Waals surface area contributed by atoms with Gasteiger partial charge in [-0.2, -0.15) is 0 Å². The highest BCUT2D eigenvalue weighted by atomic mass is 14.8. The van der Waals surface area contributed by atoms with Crippen molar-refractivity contribution in [2.24, 2.45) is 11.8 Å². The summed E-state index contributed by atoms with van der Waals surface area (Å²) >= 11 is 0. The Bertz CT molecular complexity index is 125. The molecule has 1 aliphatic rings. The normalized spacial score (nSPS) is 20.9. The second-order valence-corrected chi connectivity index (χ2v) is 3.54. The zero-order valence-electron chi connectivity index (χ0n) is 7.64. The SMILES string of the molecule is C/C=C/CNCC(C)C1CC1.